The summed E-state index contributed by atoms with van der Waals surface area (Å²) in [6, 6.07) is 12.3. The maximum Gasteiger partial charge on any atom is 0.258 e. The van der Waals surface area contributed by atoms with Gasteiger partial charge < -0.3 is 14.8 Å². The van der Waals surface area contributed by atoms with E-state index in [4.69, 9.17) is 9.47 Å². The van der Waals surface area contributed by atoms with Gasteiger partial charge in [0, 0.05) is 41.7 Å². The lowest BCUT2D eigenvalue weighted by atomic mass is 10.2. The number of carbonyl (C=O) groups is 1. The number of amides is 1. The molecule has 0 spiro atoms. The third-order valence-electron chi connectivity index (χ3n) is 3.93. The van der Waals surface area contributed by atoms with Gasteiger partial charge in [-0.15, -0.1) is 11.8 Å². The Labute approximate surface area is 172 Å². The minimum Gasteiger partial charge on any atom is -0.497 e. The zero-order valence-electron chi connectivity index (χ0n) is 15.8. The summed E-state index contributed by atoms with van der Waals surface area (Å²) in [7, 11) is 1.56. The number of ether oxygens (including phenoxy) is 2. The first-order valence-electron chi connectivity index (χ1n) is 8.86. The number of methoxy groups -OCH3 is 1. The van der Waals surface area contributed by atoms with Crippen LogP contribution in [0.3, 0.4) is 0 Å². The van der Waals surface area contributed by atoms with E-state index in [2.05, 4.69) is 15.3 Å². The first-order valence-corrected chi connectivity index (χ1v) is 9.84. The van der Waals surface area contributed by atoms with Crippen LogP contribution in [0.15, 0.2) is 66.1 Å². The van der Waals surface area contributed by atoms with E-state index < -0.39 is 6.67 Å². The highest BCUT2D eigenvalue weighted by atomic mass is 32.2. The molecule has 3 rings (SSSR count). The minimum atomic E-state index is -0.580. The van der Waals surface area contributed by atoms with Crippen molar-refractivity contribution in [1.82, 2.24) is 9.97 Å². The molecule has 1 aromatic carbocycles. The van der Waals surface area contributed by atoms with E-state index in [1.54, 1.807) is 56.0 Å². The van der Waals surface area contributed by atoms with Crippen LogP contribution in [-0.2, 0) is 5.75 Å². The summed E-state index contributed by atoms with van der Waals surface area (Å²) in [4.78, 5) is 21.0. The molecule has 0 unspecified atom stereocenters. The molecule has 0 radical (unpaired) electrons. The van der Waals surface area contributed by atoms with Gasteiger partial charge in [-0.1, -0.05) is 6.07 Å². The largest absolute Gasteiger partial charge is 0.497 e. The molecule has 0 bridgehead atoms. The number of nitrogens with one attached hydrogen (secondary N) is 1. The van der Waals surface area contributed by atoms with Gasteiger partial charge in [0.15, 0.2) is 0 Å². The second-order valence-electron chi connectivity index (χ2n) is 5.85. The number of pyridine rings is 2. The van der Waals surface area contributed by atoms with Gasteiger partial charge >= 0.3 is 0 Å². The van der Waals surface area contributed by atoms with E-state index >= 15 is 0 Å². The van der Waals surface area contributed by atoms with Gasteiger partial charge in [0.2, 0.25) is 0 Å². The number of anilines is 1. The molecule has 0 atom stereocenters. The van der Waals surface area contributed by atoms with Gasteiger partial charge in [0.1, 0.15) is 29.8 Å². The predicted octanol–water partition coefficient (Wildman–Crippen LogP) is 4.38. The number of alkyl halides is 1. The Morgan fingerprint density at radius 3 is 2.76 bits per heavy atom. The molecule has 0 aliphatic rings. The zero-order valence-corrected chi connectivity index (χ0v) is 16.6. The van der Waals surface area contributed by atoms with Crippen LogP contribution >= 0.6 is 11.8 Å². The van der Waals surface area contributed by atoms with Gasteiger partial charge in [-0.25, -0.2) is 9.37 Å². The van der Waals surface area contributed by atoms with Crippen molar-refractivity contribution in [1.29, 1.82) is 0 Å². The van der Waals surface area contributed by atoms with Crippen LogP contribution in [0.1, 0.15) is 15.9 Å². The van der Waals surface area contributed by atoms with Crippen LogP contribution in [0.4, 0.5) is 10.1 Å². The van der Waals surface area contributed by atoms with E-state index in [1.165, 1.54) is 11.8 Å². The highest BCUT2D eigenvalue weighted by Gasteiger charge is 2.15. The van der Waals surface area contributed by atoms with Crippen molar-refractivity contribution >= 4 is 23.4 Å². The molecular formula is C21H20FN3O3S. The Kier molecular flexibility index (Phi) is 7.40. The molecular weight excluding hydrogens is 393 g/mol. The normalized spacial score (nSPS) is 10.4. The van der Waals surface area contributed by atoms with Crippen molar-refractivity contribution in [2.45, 2.75) is 10.8 Å². The average molecular weight is 413 g/mol. The lowest BCUT2D eigenvalue weighted by Crippen LogP contribution is -2.13. The first kappa shape index (κ1) is 20.6. The minimum absolute atomic E-state index is 0.0337. The van der Waals surface area contributed by atoms with Crippen LogP contribution in [0.2, 0.25) is 0 Å². The summed E-state index contributed by atoms with van der Waals surface area (Å²) in [5, 5.41) is 3.43. The average Bonchev–Trinajstić information content (AvgIpc) is 2.77. The predicted molar refractivity (Wildman–Crippen MR) is 110 cm³/mol. The van der Waals surface area contributed by atoms with Gasteiger partial charge in [-0.05, 0) is 30.3 Å². The number of rotatable bonds is 9. The van der Waals surface area contributed by atoms with Crippen molar-refractivity contribution in [2.75, 3.05) is 25.7 Å². The van der Waals surface area contributed by atoms with Crippen molar-refractivity contribution in [3.63, 3.8) is 0 Å². The van der Waals surface area contributed by atoms with E-state index in [9.17, 15) is 9.18 Å². The van der Waals surface area contributed by atoms with Crippen LogP contribution in [0.5, 0.6) is 11.5 Å². The maximum atomic E-state index is 12.7. The lowest BCUT2D eigenvalue weighted by molar-refractivity contribution is 0.102. The summed E-state index contributed by atoms with van der Waals surface area (Å²) in [5.41, 5.74) is 1.98. The zero-order chi connectivity index (χ0) is 20.5. The Balaban J connectivity index is 1.75. The highest BCUT2D eigenvalue weighted by molar-refractivity contribution is 7.98. The van der Waals surface area contributed by atoms with Gasteiger partial charge in [0.05, 0.1) is 12.7 Å². The van der Waals surface area contributed by atoms with Crippen LogP contribution in [0.25, 0.3) is 0 Å². The van der Waals surface area contributed by atoms with E-state index in [1.807, 2.05) is 12.1 Å². The molecule has 1 N–H and O–H groups in total. The van der Waals surface area contributed by atoms with Gasteiger partial charge in [-0.2, -0.15) is 0 Å². The lowest BCUT2D eigenvalue weighted by Gasteiger charge is -2.13. The van der Waals surface area contributed by atoms with Crippen LogP contribution in [0, 0.1) is 0 Å². The van der Waals surface area contributed by atoms with Gasteiger partial charge in [-0.3, -0.25) is 9.78 Å². The van der Waals surface area contributed by atoms with Crippen LogP contribution < -0.4 is 14.8 Å². The third kappa shape index (κ3) is 5.68. The molecule has 0 saturated carbocycles. The molecule has 8 heteroatoms. The standard InChI is InChI=1S/C21H20FN3O3S/c1-27-17-5-4-15(19(13-17)28-12-8-22)14-29-21-18(3-2-9-24-21)20(26)25-16-6-10-23-11-7-16/h2-7,9-11,13H,8,12,14H2,1H3,(H,23,25,26). The number of nitrogens with zero attached hydrogens (tertiary/aromatic N) is 2. The summed E-state index contributed by atoms with van der Waals surface area (Å²) in [5.74, 6) is 1.42. The van der Waals surface area contributed by atoms with E-state index in [0.29, 0.717) is 33.5 Å². The molecule has 0 fully saturated rings. The Bertz CT molecular complexity index is 957. The summed E-state index contributed by atoms with van der Waals surface area (Å²) >= 11 is 1.40. The molecule has 0 aliphatic heterocycles. The van der Waals surface area contributed by atoms with Crippen molar-refractivity contribution in [3.05, 3.63) is 72.2 Å². The number of hydrogen-bond donors (Lipinski definition) is 1. The second kappa shape index (κ2) is 10.4. The molecule has 2 heterocycles. The van der Waals surface area contributed by atoms with E-state index in [-0.39, 0.29) is 12.5 Å². The number of halogens is 1. The molecule has 1 amide bonds. The summed E-state index contributed by atoms with van der Waals surface area (Å²) in [6.45, 7) is -0.614. The summed E-state index contributed by atoms with van der Waals surface area (Å²) < 4.78 is 23.3. The molecule has 6 nitrogen and oxygen atoms in total. The first-order chi connectivity index (χ1) is 14.2. The van der Waals surface area contributed by atoms with E-state index in [0.717, 1.165) is 5.56 Å². The Hall–Kier alpha value is -3.13. The molecule has 29 heavy (non-hydrogen) atoms. The SMILES string of the molecule is COc1ccc(CSc2ncccc2C(=O)Nc2ccncc2)c(OCCF)c1. The monoisotopic (exact) mass is 413 g/mol. The smallest absolute Gasteiger partial charge is 0.258 e. The summed E-state index contributed by atoms with van der Waals surface area (Å²) in [6.07, 6.45) is 4.86. The molecule has 0 aliphatic carbocycles. The fraction of sp³-hybridized carbons (Fsp3) is 0.190. The molecule has 2 aromatic heterocycles. The Morgan fingerprint density at radius 1 is 1.17 bits per heavy atom. The quantitative estimate of drug-likeness (QED) is 0.525. The van der Waals surface area contributed by atoms with Crippen LogP contribution in [-0.4, -0.2) is 36.3 Å². The fourth-order valence-corrected chi connectivity index (χ4v) is 3.50. The Morgan fingerprint density at radius 2 is 2.00 bits per heavy atom. The topological polar surface area (TPSA) is 73.3 Å². The number of benzene rings is 1. The molecule has 150 valence electrons. The number of thioether (sulfide) groups is 1. The molecule has 3 aromatic rings. The third-order valence-corrected chi connectivity index (χ3v) is 4.98. The van der Waals surface area contributed by atoms with Crippen molar-refractivity contribution < 1.29 is 18.7 Å². The second-order valence-corrected chi connectivity index (χ2v) is 6.81. The van der Waals surface area contributed by atoms with Crippen molar-refractivity contribution in [2.24, 2.45) is 0 Å². The fourth-order valence-electron chi connectivity index (χ4n) is 2.52. The number of aromatic nitrogens is 2. The maximum absolute atomic E-state index is 12.7. The molecule has 0 saturated heterocycles. The number of carbonyl (C=O) groups excluding carboxylic acids is 1. The highest BCUT2D eigenvalue weighted by Crippen LogP contribution is 2.31. The number of hydrogen-bond acceptors (Lipinski definition) is 6. The van der Waals surface area contributed by atoms with Crippen molar-refractivity contribution in [3.8, 4) is 11.5 Å². The van der Waals surface area contributed by atoms with Gasteiger partial charge in [0.25, 0.3) is 5.91 Å².